The Morgan fingerprint density at radius 1 is 1.24 bits per heavy atom. The molecule has 0 bridgehead atoms. The lowest BCUT2D eigenvalue weighted by Crippen LogP contribution is -2.42. The predicted octanol–water partition coefficient (Wildman–Crippen LogP) is 4.17. The molecule has 0 aromatic heterocycles. The highest BCUT2D eigenvalue weighted by atomic mass is 35.5. The van der Waals surface area contributed by atoms with Crippen LogP contribution in [0.3, 0.4) is 0 Å². The number of hydrogen-bond donors (Lipinski definition) is 2. The molecule has 2 aromatic carbocycles. The van der Waals surface area contributed by atoms with E-state index in [0.717, 1.165) is 0 Å². The Labute approximate surface area is 155 Å². The minimum atomic E-state index is -0.249. The van der Waals surface area contributed by atoms with E-state index in [9.17, 15) is 9.59 Å². The summed E-state index contributed by atoms with van der Waals surface area (Å²) in [6.45, 7) is 1.92. The van der Waals surface area contributed by atoms with Crippen LogP contribution in [0.4, 0.5) is 17.1 Å². The first kappa shape index (κ1) is 17.6. The summed E-state index contributed by atoms with van der Waals surface area (Å²) in [5.74, 6) is -0.252. The van der Waals surface area contributed by atoms with Crippen molar-refractivity contribution in [1.29, 1.82) is 0 Å². The van der Waals surface area contributed by atoms with Gasteiger partial charge < -0.3 is 15.5 Å². The topological polar surface area (TPSA) is 61.4 Å². The van der Waals surface area contributed by atoms with Crippen molar-refractivity contribution < 1.29 is 9.59 Å². The summed E-state index contributed by atoms with van der Waals surface area (Å²) in [6.07, 6.45) is 0.239. The molecule has 0 aliphatic carbocycles. The highest BCUT2D eigenvalue weighted by molar-refractivity contribution is 6.35. The third-order valence-electron chi connectivity index (χ3n) is 3.93. The number of carbonyl (C=O) groups excluding carboxylic acids is 2. The SMILES string of the molecule is C[C@H]1CC(=O)Nc2ccccc2N1C(=O)CNc1cc(Cl)cc(Cl)c1. The van der Waals surface area contributed by atoms with Crippen LogP contribution < -0.4 is 15.5 Å². The maximum atomic E-state index is 12.8. The van der Waals surface area contributed by atoms with Crippen molar-refractivity contribution in [3.05, 3.63) is 52.5 Å². The van der Waals surface area contributed by atoms with Crippen LogP contribution in [-0.4, -0.2) is 24.4 Å². The van der Waals surface area contributed by atoms with Gasteiger partial charge in [0.15, 0.2) is 0 Å². The molecule has 1 aliphatic rings. The maximum absolute atomic E-state index is 12.8. The van der Waals surface area contributed by atoms with Crippen LogP contribution >= 0.6 is 23.2 Å². The number of anilines is 3. The fraction of sp³-hybridized carbons (Fsp3) is 0.222. The van der Waals surface area contributed by atoms with E-state index >= 15 is 0 Å². The lowest BCUT2D eigenvalue weighted by Gasteiger charge is -2.28. The van der Waals surface area contributed by atoms with Gasteiger partial charge in [0, 0.05) is 28.2 Å². The number of nitrogens with one attached hydrogen (secondary N) is 2. The largest absolute Gasteiger partial charge is 0.376 e. The van der Waals surface area contributed by atoms with E-state index in [-0.39, 0.29) is 30.8 Å². The average Bonchev–Trinajstić information content (AvgIpc) is 2.66. The third-order valence-corrected chi connectivity index (χ3v) is 4.37. The smallest absolute Gasteiger partial charge is 0.246 e. The van der Waals surface area contributed by atoms with Gasteiger partial charge in [-0.15, -0.1) is 0 Å². The summed E-state index contributed by atoms with van der Waals surface area (Å²) in [7, 11) is 0. The maximum Gasteiger partial charge on any atom is 0.246 e. The summed E-state index contributed by atoms with van der Waals surface area (Å²) >= 11 is 12.0. The van der Waals surface area contributed by atoms with E-state index < -0.39 is 0 Å². The van der Waals surface area contributed by atoms with Crippen LogP contribution in [0.25, 0.3) is 0 Å². The average molecular weight is 378 g/mol. The molecule has 0 fully saturated rings. The highest BCUT2D eigenvalue weighted by Crippen LogP contribution is 2.31. The molecule has 7 heteroatoms. The molecule has 1 aliphatic heterocycles. The lowest BCUT2D eigenvalue weighted by molar-refractivity contribution is -0.118. The zero-order valence-corrected chi connectivity index (χ0v) is 15.1. The second-order valence-corrected chi connectivity index (χ2v) is 6.77. The Morgan fingerprint density at radius 3 is 2.64 bits per heavy atom. The van der Waals surface area contributed by atoms with E-state index in [2.05, 4.69) is 10.6 Å². The van der Waals surface area contributed by atoms with Crippen LogP contribution in [0.1, 0.15) is 13.3 Å². The minimum absolute atomic E-state index is 0.0591. The second-order valence-electron chi connectivity index (χ2n) is 5.89. The predicted molar refractivity (Wildman–Crippen MR) is 102 cm³/mol. The van der Waals surface area contributed by atoms with Crippen molar-refractivity contribution in [1.82, 2.24) is 0 Å². The van der Waals surface area contributed by atoms with Gasteiger partial charge in [-0.2, -0.15) is 0 Å². The van der Waals surface area contributed by atoms with Crippen LogP contribution in [0, 0.1) is 0 Å². The zero-order chi connectivity index (χ0) is 18.0. The monoisotopic (exact) mass is 377 g/mol. The Hall–Kier alpha value is -2.24. The molecule has 0 spiro atoms. The quantitative estimate of drug-likeness (QED) is 0.843. The lowest BCUT2D eigenvalue weighted by atomic mass is 10.1. The van der Waals surface area contributed by atoms with Gasteiger partial charge in [-0.3, -0.25) is 9.59 Å². The molecule has 1 atom stereocenters. The first-order chi connectivity index (χ1) is 11.9. The summed E-state index contributed by atoms with van der Waals surface area (Å²) < 4.78 is 0. The number of halogens is 2. The van der Waals surface area contributed by atoms with Crippen LogP contribution in [-0.2, 0) is 9.59 Å². The van der Waals surface area contributed by atoms with Gasteiger partial charge in [-0.1, -0.05) is 35.3 Å². The van der Waals surface area contributed by atoms with Crippen molar-refractivity contribution in [2.45, 2.75) is 19.4 Å². The number of nitrogens with zero attached hydrogens (tertiary/aromatic N) is 1. The number of carbonyl (C=O) groups is 2. The second kappa shape index (κ2) is 7.33. The summed E-state index contributed by atoms with van der Waals surface area (Å²) in [5, 5.41) is 6.86. The van der Waals surface area contributed by atoms with Crippen molar-refractivity contribution in [2.75, 3.05) is 22.1 Å². The van der Waals surface area contributed by atoms with Gasteiger partial charge in [0.25, 0.3) is 0 Å². The first-order valence-electron chi connectivity index (χ1n) is 7.85. The van der Waals surface area contributed by atoms with Gasteiger partial charge in [-0.25, -0.2) is 0 Å². The molecule has 0 unspecified atom stereocenters. The molecule has 5 nitrogen and oxygen atoms in total. The molecule has 0 radical (unpaired) electrons. The van der Waals surface area contributed by atoms with Crippen LogP contribution in [0.5, 0.6) is 0 Å². The van der Waals surface area contributed by atoms with Gasteiger partial charge in [0.05, 0.1) is 17.9 Å². The first-order valence-corrected chi connectivity index (χ1v) is 8.60. The van der Waals surface area contributed by atoms with Gasteiger partial charge in [0.2, 0.25) is 11.8 Å². The highest BCUT2D eigenvalue weighted by Gasteiger charge is 2.29. The van der Waals surface area contributed by atoms with Crippen molar-refractivity contribution >= 4 is 52.1 Å². The number of amides is 2. The molecule has 3 rings (SSSR count). The fourth-order valence-electron chi connectivity index (χ4n) is 2.89. The van der Waals surface area contributed by atoms with E-state index in [1.54, 1.807) is 29.2 Å². The van der Waals surface area contributed by atoms with Crippen LogP contribution in [0.15, 0.2) is 42.5 Å². The molecule has 130 valence electrons. The summed E-state index contributed by atoms with van der Waals surface area (Å²) in [6, 6.07) is 12.1. The van der Waals surface area contributed by atoms with Crippen LogP contribution in [0.2, 0.25) is 10.0 Å². The Morgan fingerprint density at radius 2 is 1.92 bits per heavy atom. The van der Waals surface area contributed by atoms with Crippen molar-refractivity contribution in [2.24, 2.45) is 0 Å². The molecular formula is C18H17Cl2N3O2. The van der Waals surface area contributed by atoms with E-state index in [4.69, 9.17) is 23.2 Å². The molecule has 2 aromatic rings. The molecule has 1 heterocycles. The summed E-state index contributed by atoms with van der Waals surface area (Å²) in [4.78, 5) is 26.5. The minimum Gasteiger partial charge on any atom is -0.376 e. The molecule has 2 amide bonds. The molecular weight excluding hydrogens is 361 g/mol. The van der Waals surface area contributed by atoms with E-state index in [0.29, 0.717) is 27.1 Å². The number of benzene rings is 2. The molecule has 0 saturated heterocycles. The number of rotatable bonds is 3. The number of para-hydroxylation sites is 2. The number of fused-ring (bicyclic) bond motifs is 1. The van der Waals surface area contributed by atoms with Crippen molar-refractivity contribution in [3.8, 4) is 0 Å². The van der Waals surface area contributed by atoms with E-state index in [1.807, 2.05) is 25.1 Å². The molecule has 0 saturated carbocycles. The van der Waals surface area contributed by atoms with Gasteiger partial charge in [0.1, 0.15) is 0 Å². The van der Waals surface area contributed by atoms with E-state index in [1.165, 1.54) is 0 Å². The molecule has 2 N–H and O–H groups in total. The fourth-order valence-corrected chi connectivity index (χ4v) is 3.41. The van der Waals surface area contributed by atoms with Crippen molar-refractivity contribution in [3.63, 3.8) is 0 Å². The Kier molecular flexibility index (Phi) is 5.16. The van der Waals surface area contributed by atoms with Gasteiger partial charge >= 0.3 is 0 Å². The summed E-state index contributed by atoms with van der Waals surface area (Å²) in [5.41, 5.74) is 1.99. The Balaban J connectivity index is 1.81. The zero-order valence-electron chi connectivity index (χ0n) is 13.6. The standard InChI is InChI=1S/C18H17Cl2N3O2/c1-11-6-17(24)22-15-4-2-3-5-16(15)23(11)18(25)10-21-14-8-12(19)7-13(20)9-14/h2-5,7-9,11,21H,6,10H2,1H3,(H,22,24)/t11-/m0/s1. The Bertz CT molecular complexity index is 805. The third kappa shape index (κ3) is 4.06. The number of hydrogen-bond acceptors (Lipinski definition) is 3. The molecule has 25 heavy (non-hydrogen) atoms. The van der Waals surface area contributed by atoms with Gasteiger partial charge in [-0.05, 0) is 37.3 Å². The normalized spacial score (nSPS) is 16.7.